The molecule has 5 rings (SSSR count). The number of ether oxygens (including phenoxy) is 3. The molecule has 3 aliphatic heterocycles. The van der Waals surface area contributed by atoms with Crippen LogP contribution in [0.3, 0.4) is 0 Å². The van der Waals surface area contributed by atoms with Crippen molar-refractivity contribution in [2.45, 2.75) is 5.41 Å². The summed E-state index contributed by atoms with van der Waals surface area (Å²) in [6.45, 7) is 0.167. The van der Waals surface area contributed by atoms with Crippen molar-refractivity contribution >= 4 is 23.6 Å². The van der Waals surface area contributed by atoms with E-state index in [0.29, 0.717) is 17.2 Å². The average Bonchev–Trinajstić information content (AvgIpc) is 3.43. The molecule has 0 radical (unpaired) electrons. The first-order valence-electron chi connectivity index (χ1n) is 9.72. The summed E-state index contributed by atoms with van der Waals surface area (Å²) in [5.41, 5.74) is 1.30. The van der Waals surface area contributed by atoms with E-state index in [1.165, 1.54) is 0 Å². The number of carboxylic acid groups (broad SMARTS) is 1. The molecule has 3 heterocycles. The quantitative estimate of drug-likeness (QED) is 0.648. The van der Waals surface area contributed by atoms with Crippen LogP contribution >= 0.6 is 0 Å². The highest BCUT2D eigenvalue weighted by atomic mass is 16.7. The molecule has 0 aliphatic carbocycles. The molecule has 0 aromatic heterocycles. The van der Waals surface area contributed by atoms with E-state index in [2.05, 4.69) is 10.6 Å². The minimum absolute atomic E-state index is 0.123. The van der Waals surface area contributed by atoms with Gasteiger partial charge in [0.25, 0.3) is 0 Å². The number of fused-ring (bicyclic) bond motifs is 5. The lowest BCUT2D eigenvalue weighted by atomic mass is 9.77. The van der Waals surface area contributed by atoms with E-state index >= 15 is 0 Å². The number of rotatable bonds is 5. The van der Waals surface area contributed by atoms with E-state index in [-0.39, 0.29) is 32.4 Å². The third-order valence-corrected chi connectivity index (χ3v) is 5.66. The summed E-state index contributed by atoms with van der Waals surface area (Å²) < 4.78 is 16.8. The van der Waals surface area contributed by atoms with Crippen LogP contribution in [0.1, 0.15) is 11.1 Å². The lowest BCUT2D eigenvalue weighted by Crippen LogP contribution is -2.46. The molecule has 1 spiro atoms. The maximum absolute atomic E-state index is 13.7. The number of amides is 3. The lowest BCUT2D eigenvalue weighted by molar-refractivity contribution is -0.135. The Hall–Kier alpha value is -3.95. The Morgan fingerprint density at radius 3 is 2.61 bits per heavy atom. The zero-order valence-corrected chi connectivity index (χ0v) is 16.3. The minimum atomic E-state index is -1.14. The Kier molecular flexibility index (Phi) is 4.35. The molecular weight excluding hydrogens is 406 g/mol. The van der Waals surface area contributed by atoms with Crippen molar-refractivity contribution in [1.82, 2.24) is 10.6 Å². The number of carboxylic acids is 1. The second kappa shape index (κ2) is 7.08. The summed E-state index contributed by atoms with van der Waals surface area (Å²) in [5, 5.41) is 13.4. The normalized spacial score (nSPS) is 19.7. The Labute approximate surface area is 176 Å². The highest BCUT2D eigenvalue weighted by Crippen LogP contribution is 2.54. The predicted octanol–water partition coefficient (Wildman–Crippen LogP) is 0.824. The van der Waals surface area contributed by atoms with Gasteiger partial charge in [0.05, 0.1) is 0 Å². The van der Waals surface area contributed by atoms with Crippen LogP contribution in [0, 0.1) is 0 Å². The summed E-state index contributed by atoms with van der Waals surface area (Å²) >= 11 is 0. The number of nitrogens with one attached hydrogen (secondary N) is 2. The number of benzene rings is 2. The number of urea groups is 1. The van der Waals surface area contributed by atoms with Crippen LogP contribution in [0.15, 0.2) is 36.4 Å². The molecule has 10 heteroatoms. The molecule has 1 unspecified atom stereocenters. The van der Waals surface area contributed by atoms with Gasteiger partial charge in [-0.2, -0.15) is 0 Å². The van der Waals surface area contributed by atoms with Crippen molar-refractivity contribution in [3.63, 3.8) is 0 Å². The molecule has 31 heavy (non-hydrogen) atoms. The molecule has 160 valence electrons. The van der Waals surface area contributed by atoms with Crippen LogP contribution in [0.4, 0.5) is 10.5 Å². The third-order valence-electron chi connectivity index (χ3n) is 5.66. The maximum atomic E-state index is 13.7. The van der Waals surface area contributed by atoms with Gasteiger partial charge < -0.3 is 34.9 Å². The van der Waals surface area contributed by atoms with Gasteiger partial charge in [0.1, 0.15) is 24.3 Å². The summed E-state index contributed by atoms with van der Waals surface area (Å²) in [5.74, 6) is 0.452. The van der Waals surface area contributed by atoms with Crippen molar-refractivity contribution < 1.29 is 33.7 Å². The fraction of sp³-hybridized carbons (Fsp3) is 0.286. The molecule has 3 amide bonds. The number of hydrogen-bond donors (Lipinski definition) is 3. The van der Waals surface area contributed by atoms with Gasteiger partial charge in [-0.15, -0.1) is 0 Å². The monoisotopic (exact) mass is 425 g/mol. The van der Waals surface area contributed by atoms with Gasteiger partial charge in [-0.25, -0.2) is 4.79 Å². The number of aliphatic carboxylic acids is 1. The van der Waals surface area contributed by atoms with Crippen molar-refractivity contribution in [3.05, 3.63) is 47.5 Å². The van der Waals surface area contributed by atoms with Gasteiger partial charge in [-0.1, -0.05) is 18.2 Å². The second-order valence-corrected chi connectivity index (χ2v) is 7.37. The highest BCUT2D eigenvalue weighted by Gasteiger charge is 2.57. The van der Waals surface area contributed by atoms with Gasteiger partial charge in [-0.05, 0) is 17.7 Å². The summed E-state index contributed by atoms with van der Waals surface area (Å²) in [7, 11) is 0. The first-order valence-corrected chi connectivity index (χ1v) is 9.72. The largest absolute Gasteiger partial charge is 0.491 e. The molecule has 3 aliphatic rings. The van der Waals surface area contributed by atoms with Crippen LogP contribution in [0.25, 0.3) is 0 Å². The lowest BCUT2D eigenvalue weighted by Gasteiger charge is -2.23. The van der Waals surface area contributed by atoms with Crippen molar-refractivity contribution in [3.8, 4) is 17.2 Å². The van der Waals surface area contributed by atoms with Crippen molar-refractivity contribution in [2.24, 2.45) is 0 Å². The van der Waals surface area contributed by atoms with Crippen molar-refractivity contribution in [2.75, 3.05) is 37.9 Å². The Bertz CT molecular complexity index is 1100. The second-order valence-electron chi connectivity index (χ2n) is 7.37. The molecule has 0 fully saturated rings. The van der Waals surface area contributed by atoms with Gasteiger partial charge in [0, 0.05) is 30.4 Å². The number of carbonyl (C=O) groups excluding carboxylic acids is 2. The molecule has 1 atom stereocenters. The van der Waals surface area contributed by atoms with Crippen LogP contribution in [0.2, 0.25) is 0 Å². The van der Waals surface area contributed by atoms with Gasteiger partial charge in [0.15, 0.2) is 11.5 Å². The van der Waals surface area contributed by atoms with Crippen LogP contribution in [-0.2, 0) is 15.0 Å². The molecule has 10 nitrogen and oxygen atoms in total. The fourth-order valence-corrected chi connectivity index (χ4v) is 4.29. The topological polar surface area (TPSA) is 126 Å². The van der Waals surface area contributed by atoms with E-state index in [9.17, 15) is 14.4 Å². The van der Waals surface area contributed by atoms with Gasteiger partial charge >= 0.3 is 12.0 Å². The highest BCUT2D eigenvalue weighted by molar-refractivity contribution is 6.11. The molecular formula is C21H19N3O7. The Balaban J connectivity index is 1.42. The molecule has 3 N–H and O–H groups in total. The van der Waals surface area contributed by atoms with Crippen LogP contribution in [-0.4, -0.2) is 56.0 Å². The maximum Gasteiger partial charge on any atom is 0.323 e. The summed E-state index contributed by atoms with van der Waals surface area (Å²) in [6, 6.07) is 10.4. The van der Waals surface area contributed by atoms with E-state index in [0.717, 1.165) is 16.8 Å². The van der Waals surface area contributed by atoms with Crippen LogP contribution in [0.5, 0.6) is 17.2 Å². The minimum Gasteiger partial charge on any atom is -0.491 e. The average molecular weight is 425 g/mol. The van der Waals surface area contributed by atoms with Gasteiger partial charge in [-0.3, -0.25) is 9.59 Å². The predicted molar refractivity (Wildman–Crippen MR) is 107 cm³/mol. The molecule has 2 aromatic carbocycles. The van der Waals surface area contributed by atoms with E-state index < -0.39 is 24.0 Å². The zero-order chi connectivity index (χ0) is 21.6. The number of anilines is 1. The van der Waals surface area contributed by atoms with E-state index in [4.69, 9.17) is 19.3 Å². The Morgan fingerprint density at radius 2 is 1.81 bits per heavy atom. The number of hydrogen-bond acceptors (Lipinski definition) is 6. The van der Waals surface area contributed by atoms with Gasteiger partial charge in [0.2, 0.25) is 12.7 Å². The Morgan fingerprint density at radius 1 is 1.03 bits per heavy atom. The molecule has 2 aromatic rings. The zero-order valence-electron chi connectivity index (χ0n) is 16.3. The first-order chi connectivity index (χ1) is 15.0. The standard InChI is InChI=1S/C21H19N3O7/c25-18(26)9-23-20(28)22-5-6-24-14-4-2-1-3-12(14)21(19(24)27)10-29-15-8-17-16(7-13(15)21)30-11-31-17/h1-4,7-8H,5-6,9-11H2,(H,25,26)(H2,22,23,28). The summed E-state index contributed by atoms with van der Waals surface area (Å²) in [6.07, 6.45) is 0. The smallest absolute Gasteiger partial charge is 0.323 e. The number of carbonyl (C=O) groups is 3. The molecule has 0 bridgehead atoms. The molecule has 0 saturated heterocycles. The van der Waals surface area contributed by atoms with Crippen LogP contribution < -0.4 is 29.7 Å². The SMILES string of the molecule is O=C(O)CNC(=O)NCCN1C(=O)C2(COc3cc4c(cc32)OCO4)c2ccccc21. The third kappa shape index (κ3) is 2.90. The molecule has 0 saturated carbocycles. The van der Waals surface area contributed by atoms with E-state index in [1.807, 2.05) is 24.3 Å². The van der Waals surface area contributed by atoms with E-state index in [1.54, 1.807) is 17.0 Å². The summed E-state index contributed by atoms with van der Waals surface area (Å²) in [4.78, 5) is 37.6. The van der Waals surface area contributed by atoms with Crippen molar-refractivity contribution in [1.29, 1.82) is 0 Å². The first kappa shape index (κ1) is 19.0. The number of para-hydroxylation sites is 1. The fourth-order valence-electron chi connectivity index (χ4n) is 4.29. The number of nitrogens with zero attached hydrogens (tertiary/aromatic N) is 1.